The van der Waals surface area contributed by atoms with Gasteiger partial charge in [0, 0.05) is 17.7 Å². The molecule has 1 amide bonds. The van der Waals surface area contributed by atoms with Crippen LogP contribution < -0.4 is 10.1 Å². The highest BCUT2D eigenvalue weighted by atomic mass is 16.5. The fourth-order valence-corrected chi connectivity index (χ4v) is 2.25. The van der Waals surface area contributed by atoms with Gasteiger partial charge < -0.3 is 15.2 Å². The zero-order chi connectivity index (χ0) is 17.7. The molecule has 6 nitrogen and oxygen atoms in total. The number of carboxylic acids is 1. The lowest BCUT2D eigenvalue weighted by molar-refractivity contribution is 0.0690. The standard InChI is InChI=1S/C18H17NO5/c1-11(20)12-7-8-13(16(9-12)24-2)10-19-17(21)14-5-3-4-6-15(14)18(22)23/h3-9H,10H2,1-2H3,(H,19,21)(H,22,23). The molecule has 0 atom stereocenters. The summed E-state index contributed by atoms with van der Waals surface area (Å²) >= 11 is 0. The highest BCUT2D eigenvalue weighted by Gasteiger charge is 2.16. The van der Waals surface area contributed by atoms with Gasteiger partial charge in [0.2, 0.25) is 0 Å². The second kappa shape index (κ2) is 7.41. The molecule has 2 rings (SSSR count). The van der Waals surface area contributed by atoms with E-state index >= 15 is 0 Å². The molecule has 0 aliphatic carbocycles. The van der Waals surface area contributed by atoms with Gasteiger partial charge in [-0.05, 0) is 25.1 Å². The summed E-state index contributed by atoms with van der Waals surface area (Å²) in [5, 5.41) is 11.8. The predicted octanol–water partition coefficient (Wildman–Crippen LogP) is 2.53. The minimum Gasteiger partial charge on any atom is -0.496 e. The fraction of sp³-hybridized carbons (Fsp3) is 0.167. The van der Waals surface area contributed by atoms with Gasteiger partial charge in [-0.25, -0.2) is 4.79 Å². The first-order valence-electron chi connectivity index (χ1n) is 7.22. The number of hydrogen-bond acceptors (Lipinski definition) is 4. The molecule has 2 aromatic rings. The Balaban J connectivity index is 2.18. The second-order valence-electron chi connectivity index (χ2n) is 5.12. The molecule has 0 aromatic heterocycles. The smallest absolute Gasteiger partial charge is 0.336 e. The number of ketones is 1. The molecule has 24 heavy (non-hydrogen) atoms. The van der Waals surface area contributed by atoms with Crippen molar-refractivity contribution in [2.75, 3.05) is 7.11 Å². The lowest BCUT2D eigenvalue weighted by Gasteiger charge is -2.12. The molecule has 0 radical (unpaired) electrons. The van der Waals surface area contributed by atoms with Crippen molar-refractivity contribution in [2.45, 2.75) is 13.5 Å². The average molecular weight is 327 g/mol. The summed E-state index contributed by atoms with van der Waals surface area (Å²) in [6, 6.07) is 10.9. The molecule has 0 bridgehead atoms. The number of ether oxygens (including phenoxy) is 1. The van der Waals surface area contributed by atoms with Crippen LogP contribution in [0.1, 0.15) is 43.6 Å². The van der Waals surface area contributed by atoms with E-state index in [1.54, 1.807) is 30.3 Å². The molecule has 0 saturated carbocycles. The van der Waals surface area contributed by atoms with Gasteiger partial charge in [-0.15, -0.1) is 0 Å². The average Bonchev–Trinajstić information content (AvgIpc) is 2.59. The Hall–Kier alpha value is -3.15. The molecule has 0 fully saturated rings. The van der Waals surface area contributed by atoms with E-state index in [4.69, 9.17) is 9.84 Å². The van der Waals surface area contributed by atoms with Crippen LogP contribution in [0.5, 0.6) is 5.75 Å². The van der Waals surface area contributed by atoms with E-state index in [1.165, 1.54) is 26.2 Å². The van der Waals surface area contributed by atoms with E-state index in [0.29, 0.717) is 16.9 Å². The van der Waals surface area contributed by atoms with Crippen molar-refractivity contribution in [3.8, 4) is 5.75 Å². The Morgan fingerprint density at radius 2 is 1.75 bits per heavy atom. The van der Waals surface area contributed by atoms with Crippen molar-refractivity contribution in [3.63, 3.8) is 0 Å². The third-order valence-electron chi connectivity index (χ3n) is 3.54. The molecule has 0 unspecified atom stereocenters. The van der Waals surface area contributed by atoms with Crippen LogP contribution in [0.2, 0.25) is 0 Å². The maximum Gasteiger partial charge on any atom is 0.336 e. The van der Waals surface area contributed by atoms with Gasteiger partial charge in [0.05, 0.1) is 18.2 Å². The molecule has 124 valence electrons. The van der Waals surface area contributed by atoms with Gasteiger partial charge in [0.25, 0.3) is 5.91 Å². The number of carbonyl (C=O) groups is 3. The molecule has 2 N–H and O–H groups in total. The van der Waals surface area contributed by atoms with E-state index in [0.717, 1.165) is 0 Å². The summed E-state index contributed by atoms with van der Waals surface area (Å²) in [5.41, 5.74) is 1.22. The maximum absolute atomic E-state index is 12.2. The summed E-state index contributed by atoms with van der Waals surface area (Å²) in [4.78, 5) is 34.8. The van der Waals surface area contributed by atoms with Crippen LogP contribution in [0, 0.1) is 0 Å². The zero-order valence-electron chi connectivity index (χ0n) is 13.3. The normalized spacial score (nSPS) is 10.1. The lowest BCUT2D eigenvalue weighted by atomic mass is 10.1. The zero-order valence-corrected chi connectivity index (χ0v) is 13.3. The fourth-order valence-electron chi connectivity index (χ4n) is 2.25. The summed E-state index contributed by atoms with van der Waals surface area (Å²) in [7, 11) is 1.48. The minimum atomic E-state index is -1.16. The Morgan fingerprint density at radius 1 is 1.08 bits per heavy atom. The van der Waals surface area contributed by atoms with E-state index < -0.39 is 11.9 Å². The van der Waals surface area contributed by atoms with E-state index in [1.807, 2.05) is 0 Å². The van der Waals surface area contributed by atoms with Crippen LogP contribution in [-0.4, -0.2) is 29.9 Å². The van der Waals surface area contributed by atoms with E-state index in [2.05, 4.69) is 5.32 Å². The third-order valence-corrected chi connectivity index (χ3v) is 3.54. The number of aromatic carboxylic acids is 1. The number of Topliss-reactive ketones (excluding diaryl/α,β-unsaturated/α-hetero) is 1. The van der Waals surface area contributed by atoms with E-state index in [-0.39, 0.29) is 23.5 Å². The quantitative estimate of drug-likeness (QED) is 0.795. The number of amides is 1. The number of carbonyl (C=O) groups excluding carboxylic acids is 2. The summed E-state index contributed by atoms with van der Waals surface area (Å²) < 4.78 is 5.24. The van der Waals surface area contributed by atoms with Crippen LogP contribution in [0.25, 0.3) is 0 Å². The Bertz CT molecular complexity index is 798. The molecule has 0 aliphatic rings. The van der Waals surface area contributed by atoms with Crippen LogP contribution >= 0.6 is 0 Å². The van der Waals surface area contributed by atoms with Crippen LogP contribution in [0.3, 0.4) is 0 Å². The first-order chi connectivity index (χ1) is 11.4. The molecule has 0 aliphatic heterocycles. The number of benzene rings is 2. The summed E-state index contributed by atoms with van der Waals surface area (Å²) in [6.45, 7) is 1.60. The summed E-state index contributed by atoms with van der Waals surface area (Å²) in [6.07, 6.45) is 0. The van der Waals surface area contributed by atoms with Crippen molar-refractivity contribution < 1.29 is 24.2 Å². The van der Waals surface area contributed by atoms with Crippen LogP contribution in [-0.2, 0) is 6.54 Å². The van der Waals surface area contributed by atoms with Gasteiger partial charge in [-0.2, -0.15) is 0 Å². The first kappa shape index (κ1) is 17.2. The molecular weight excluding hydrogens is 310 g/mol. The van der Waals surface area contributed by atoms with Gasteiger partial charge in [-0.3, -0.25) is 9.59 Å². The number of methoxy groups -OCH3 is 1. The van der Waals surface area contributed by atoms with Crippen molar-refractivity contribution >= 4 is 17.7 Å². The molecule has 6 heteroatoms. The highest BCUT2D eigenvalue weighted by molar-refractivity contribution is 6.04. The highest BCUT2D eigenvalue weighted by Crippen LogP contribution is 2.21. The van der Waals surface area contributed by atoms with Gasteiger partial charge in [-0.1, -0.05) is 24.3 Å². The Labute approximate surface area is 139 Å². The molecule has 0 saturated heterocycles. The number of hydrogen-bond donors (Lipinski definition) is 2. The van der Waals surface area contributed by atoms with Gasteiger partial charge in [0.15, 0.2) is 5.78 Å². The molecular formula is C18H17NO5. The van der Waals surface area contributed by atoms with Crippen molar-refractivity contribution in [2.24, 2.45) is 0 Å². The SMILES string of the molecule is COc1cc(C(C)=O)ccc1CNC(=O)c1ccccc1C(=O)O. The first-order valence-corrected chi connectivity index (χ1v) is 7.22. The number of carboxylic acid groups (broad SMARTS) is 1. The lowest BCUT2D eigenvalue weighted by Crippen LogP contribution is -2.25. The van der Waals surface area contributed by atoms with E-state index in [9.17, 15) is 14.4 Å². The van der Waals surface area contributed by atoms with Crippen molar-refractivity contribution in [1.82, 2.24) is 5.32 Å². The predicted molar refractivity (Wildman–Crippen MR) is 87.6 cm³/mol. The van der Waals surface area contributed by atoms with Crippen molar-refractivity contribution in [1.29, 1.82) is 0 Å². The monoisotopic (exact) mass is 327 g/mol. The maximum atomic E-state index is 12.2. The molecule has 2 aromatic carbocycles. The number of nitrogens with one attached hydrogen (secondary N) is 1. The minimum absolute atomic E-state index is 0.0612. The van der Waals surface area contributed by atoms with Gasteiger partial charge in [0.1, 0.15) is 5.75 Å². The molecule has 0 spiro atoms. The second-order valence-corrected chi connectivity index (χ2v) is 5.12. The largest absolute Gasteiger partial charge is 0.496 e. The van der Waals surface area contributed by atoms with Crippen molar-refractivity contribution in [3.05, 3.63) is 64.7 Å². The topological polar surface area (TPSA) is 92.7 Å². The third kappa shape index (κ3) is 3.78. The summed E-state index contributed by atoms with van der Waals surface area (Å²) in [5.74, 6) is -1.26. The molecule has 0 heterocycles. The Morgan fingerprint density at radius 3 is 2.33 bits per heavy atom. The van der Waals surface area contributed by atoms with Crippen LogP contribution in [0.15, 0.2) is 42.5 Å². The number of rotatable bonds is 6. The van der Waals surface area contributed by atoms with Crippen LogP contribution in [0.4, 0.5) is 0 Å². The Kier molecular flexibility index (Phi) is 5.31. The van der Waals surface area contributed by atoms with Gasteiger partial charge >= 0.3 is 5.97 Å².